The molecule has 55 heavy (non-hydrogen) atoms. The maximum atomic E-state index is 13.3. The molecular formula is C42H69N7O4Si2. The van der Waals surface area contributed by atoms with Gasteiger partial charge in [0.05, 0.1) is 24.0 Å². The van der Waals surface area contributed by atoms with E-state index in [0.29, 0.717) is 38.6 Å². The molecule has 0 unspecified atom stereocenters. The number of amides is 1. The van der Waals surface area contributed by atoms with Gasteiger partial charge in [0.25, 0.3) is 0 Å². The molecule has 1 aromatic carbocycles. The minimum Gasteiger partial charge on any atom is -0.444 e. The molecule has 0 bridgehead atoms. The van der Waals surface area contributed by atoms with Gasteiger partial charge in [0, 0.05) is 72.5 Å². The lowest BCUT2D eigenvalue weighted by atomic mass is 9.93. The zero-order valence-electron chi connectivity index (χ0n) is 35.3. The maximum Gasteiger partial charge on any atom is 0.410 e. The van der Waals surface area contributed by atoms with Gasteiger partial charge in [-0.15, -0.1) is 0 Å². The lowest BCUT2D eigenvalue weighted by molar-refractivity contribution is 0.0204. The number of aromatic nitrogens is 4. The van der Waals surface area contributed by atoms with E-state index in [1.54, 1.807) is 0 Å². The molecule has 304 valence electrons. The minimum atomic E-state index is -1.25. The van der Waals surface area contributed by atoms with Crippen LogP contribution >= 0.6 is 0 Å². The Morgan fingerprint density at radius 2 is 1.44 bits per heavy atom. The Labute approximate surface area is 332 Å². The highest BCUT2D eigenvalue weighted by Gasteiger charge is 2.36. The number of imidazole rings is 2. The average Bonchev–Trinajstić information content (AvgIpc) is 3.94. The van der Waals surface area contributed by atoms with Crippen LogP contribution in [0.5, 0.6) is 0 Å². The first-order valence-electron chi connectivity index (χ1n) is 20.9. The first kappa shape index (κ1) is 41.7. The summed E-state index contributed by atoms with van der Waals surface area (Å²) in [7, 11) is -2.40. The Hall–Kier alpha value is -2.98. The van der Waals surface area contributed by atoms with Crippen molar-refractivity contribution in [2.24, 2.45) is 0 Å². The van der Waals surface area contributed by atoms with Gasteiger partial charge >= 0.3 is 6.09 Å². The molecule has 3 aromatic rings. The fraction of sp³-hybridized carbons (Fsp3) is 0.690. The molecule has 11 nitrogen and oxygen atoms in total. The Bertz CT molecular complexity index is 1690. The highest BCUT2D eigenvalue weighted by Crippen LogP contribution is 2.37. The van der Waals surface area contributed by atoms with E-state index in [0.717, 1.165) is 87.3 Å². The van der Waals surface area contributed by atoms with E-state index in [4.69, 9.17) is 24.2 Å². The number of carbonyl (C=O) groups is 1. The number of ether oxygens (including phenoxy) is 3. The molecular weight excluding hydrogens is 723 g/mol. The van der Waals surface area contributed by atoms with E-state index in [2.05, 4.69) is 89.1 Å². The van der Waals surface area contributed by atoms with Crippen LogP contribution in [0.15, 0.2) is 36.7 Å². The van der Waals surface area contributed by atoms with Crippen molar-refractivity contribution in [3.63, 3.8) is 0 Å². The van der Waals surface area contributed by atoms with Crippen molar-refractivity contribution in [3.8, 4) is 11.3 Å². The van der Waals surface area contributed by atoms with Crippen LogP contribution in [-0.2, 0) is 27.7 Å². The molecule has 2 aromatic heterocycles. The molecule has 0 spiro atoms. The summed E-state index contributed by atoms with van der Waals surface area (Å²) in [6.45, 7) is 26.3. The summed E-state index contributed by atoms with van der Waals surface area (Å²) < 4.78 is 23.0. The van der Waals surface area contributed by atoms with Gasteiger partial charge in [0.1, 0.15) is 30.7 Å². The molecule has 3 aliphatic rings. The monoisotopic (exact) mass is 791 g/mol. The Morgan fingerprint density at radius 1 is 0.800 bits per heavy atom. The molecule has 2 atom stereocenters. The van der Waals surface area contributed by atoms with Gasteiger partial charge in [-0.3, -0.25) is 4.90 Å². The van der Waals surface area contributed by atoms with Crippen molar-refractivity contribution in [3.05, 3.63) is 54.0 Å². The highest BCUT2D eigenvalue weighted by molar-refractivity contribution is 6.76. The predicted molar refractivity (Wildman–Crippen MR) is 227 cm³/mol. The lowest BCUT2D eigenvalue weighted by Gasteiger charge is -2.34. The fourth-order valence-corrected chi connectivity index (χ4v) is 9.51. The van der Waals surface area contributed by atoms with Gasteiger partial charge in [0.15, 0.2) is 0 Å². The molecule has 1 amide bonds. The number of nitrogens with zero attached hydrogens (tertiary/aromatic N) is 6. The molecule has 13 heteroatoms. The SMILES string of the molecule is CC(C)(C)OC(=O)N1CCC[C@H]1c1ncc(-c2ccc(N3CCC(c4cnc([C@@H]5CCCN5)n4COCC[Si](C)(C)C)CC3)cc2)n1COCC[Si](C)(C)C. The highest BCUT2D eigenvalue weighted by atomic mass is 28.3. The van der Waals surface area contributed by atoms with Gasteiger partial charge < -0.3 is 33.6 Å². The van der Waals surface area contributed by atoms with Gasteiger partial charge in [-0.1, -0.05) is 51.4 Å². The number of hydrogen-bond acceptors (Lipinski definition) is 8. The van der Waals surface area contributed by atoms with Crippen LogP contribution in [-0.4, -0.2) is 91.2 Å². The molecule has 3 fully saturated rings. The summed E-state index contributed by atoms with van der Waals surface area (Å²) in [5.74, 6) is 2.47. The van der Waals surface area contributed by atoms with E-state index in [-0.39, 0.29) is 12.1 Å². The Kier molecular flexibility index (Phi) is 13.4. The molecule has 0 radical (unpaired) electrons. The zero-order chi connectivity index (χ0) is 39.4. The summed E-state index contributed by atoms with van der Waals surface area (Å²) in [5.41, 5.74) is 4.12. The second kappa shape index (κ2) is 17.7. The number of likely N-dealkylation sites (tertiary alicyclic amines) is 1. The summed E-state index contributed by atoms with van der Waals surface area (Å²) >= 11 is 0. The van der Waals surface area contributed by atoms with Crippen LogP contribution in [0.3, 0.4) is 0 Å². The molecule has 5 heterocycles. The topological polar surface area (TPSA) is 98.9 Å². The Morgan fingerprint density at radius 3 is 2.04 bits per heavy atom. The largest absolute Gasteiger partial charge is 0.444 e. The summed E-state index contributed by atoms with van der Waals surface area (Å²) in [4.78, 5) is 27.6. The van der Waals surface area contributed by atoms with E-state index in [1.165, 1.54) is 23.8 Å². The van der Waals surface area contributed by atoms with E-state index >= 15 is 0 Å². The third kappa shape index (κ3) is 11.1. The number of carbonyl (C=O) groups excluding carboxylic acids is 1. The van der Waals surface area contributed by atoms with Crippen LogP contribution < -0.4 is 10.2 Å². The van der Waals surface area contributed by atoms with E-state index in [9.17, 15) is 4.79 Å². The summed E-state index contributed by atoms with van der Waals surface area (Å²) in [6, 6.07) is 11.4. The second-order valence-corrected chi connectivity index (χ2v) is 30.6. The standard InChI is InChI=1S/C42H69N7O4Si2/c1-42(2,3)53-41(50)47-21-11-13-36(47)40-45-29-37(49(40)31-52-25-27-55(7,8)9)32-14-16-34(17-15-32)46-22-18-33(19-23-46)38-28-44-39(35-12-10-20-43-35)48(38)30-51-24-26-54(4,5)6/h14-17,28-29,33,35-36,43H,10-13,18-27,30-31H2,1-9H3/t35-,36-/m0/s1. The van der Waals surface area contributed by atoms with Gasteiger partial charge in [-0.2, -0.15) is 0 Å². The van der Waals surface area contributed by atoms with Crippen molar-refractivity contribution < 1.29 is 19.0 Å². The number of anilines is 1. The van der Waals surface area contributed by atoms with Crippen LogP contribution in [0.2, 0.25) is 51.4 Å². The first-order chi connectivity index (χ1) is 26.1. The van der Waals surface area contributed by atoms with Crippen molar-refractivity contribution in [1.29, 1.82) is 0 Å². The fourth-order valence-electron chi connectivity index (χ4n) is 7.99. The van der Waals surface area contributed by atoms with Crippen molar-refractivity contribution in [2.45, 2.75) is 148 Å². The minimum absolute atomic E-state index is 0.150. The quantitative estimate of drug-likeness (QED) is 0.120. The zero-order valence-corrected chi connectivity index (χ0v) is 37.3. The lowest BCUT2D eigenvalue weighted by Crippen LogP contribution is -2.37. The molecule has 6 rings (SSSR count). The number of benzene rings is 1. The van der Waals surface area contributed by atoms with Crippen LogP contribution in [0, 0.1) is 0 Å². The van der Waals surface area contributed by atoms with Gasteiger partial charge in [-0.05, 0) is 95.6 Å². The number of hydrogen-bond donors (Lipinski definition) is 1. The van der Waals surface area contributed by atoms with Crippen molar-refractivity contribution >= 4 is 27.9 Å². The van der Waals surface area contributed by atoms with Crippen molar-refractivity contribution in [1.82, 2.24) is 29.3 Å². The third-order valence-electron chi connectivity index (χ3n) is 11.2. The normalized spacial score (nSPS) is 20.2. The van der Waals surface area contributed by atoms with E-state index in [1.807, 2.05) is 31.9 Å². The van der Waals surface area contributed by atoms with Gasteiger partial charge in [-0.25, -0.2) is 14.8 Å². The molecule has 0 saturated carbocycles. The smallest absolute Gasteiger partial charge is 0.410 e. The molecule has 1 N–H and O–H groups in total. The number of piperidine rings is 1. The van der Waals surface area contributed by atoms with Crippen LogP contribution in [0.25, 0.3) is 11.3 Å². The first-order valence-corrected chi connectivity index (χ1v) is 28.3. The Balaban J connectivity index is 1.15. The van der Waals surface area contributed by atoms with Crippen molar-refractivity contribution in [2.75, 3.05) is 44.3 Å². The van der Waals surface area contributed by atoms with E-state index < -0.39 is 21.7 Å². The summed E-state index contributed by atoms with van der Waals surface area (Å²) in [5, 5.41) is 3.67. The molecule has 3 aliphatic heterocycles. The molecule has 3 saturated heterocycles. The predicted octanol–water partition coefficient (Wildman–Crippen LogP) is 9.25. The number of rotatable bonds is 15. The maximum absolute atomic E-state index is 13.3. The average molecular weight is 792 g/mol. The number of nitrogens with one attached hydrogen (secondary N) is 1. The second-order valence-electron chi connectivity index (χ2n) is 19.4. The molecule has 0 aliphatic carbocycles. The summed E-state index contributed by atoms with van der Waals surface area (Å²) in [6.07, 6.45) is 10.1. The van der Waals surface area contributed by atoms with Crippen LogP contribution in [0.1, 0.15) is 94.6 Å². The third-order valence-corrected chi connectivity index (χ3v) is 14.6. The van der Waals surface area contributed by atoms with Gasteiger partial charge in [0.2, 0.25) is 0 Å². The van der Waals surface area contributed by atoms with Crippen LogP contribution in [0.4, 0.5) is 10.5 Å².